The minimum absolute atomic E-state index is 0.0666. The molecule has 0 aliphatic heterocycles. The number of rotatable bonds is 2. The van der Waals surface area contributed by atoms with E-state index in [0.717, 1.165) is 56.3 Å². The van der Waals surface area contributed by atoms with Crippen molar-refractivity contribution in [3.63, 3.8) is 0 Å². The second kappa shape index (κ2) is 6.24. The Labute approximate surface area is 163 Å². The zero-order chi connectivity index (χ0) is 19.4. The van der Waals surface area contributed by atoms with Gasteiger partial charge in [0.05, 0.1) is 12.9 Å². The maximum Gasteiger partial charge on any atom is 0.461 e. The predicted octanol–water partition coefficient (Wildman–Crippen LogP) is 5.22. The minimum atomic E-state index is -3.77. The molecule has 0 radical (unpaired) electrons. The van der Waals surface area contributed by atoms with Gasteiger partial charge in [0.25, 0.3) is 0 Å². The molecule has 0 aromatic carbocycles. The van der Waals surface area contributed by atoms with Gasteiger partial charge in [-0.1, -0.05) is 19.9 Å². The Morgan fingerprint density at radius 3 is 2.63 bits per heavy atom. The third-order valence-electron chi connectivity index (χ3n) is 8.26. The summed E-state index contributed by atoms with van der Waals surface area (Å²) in [6, 6.07) is 0. The van der Waals surface area contributed by atoms with Crippen molar-refractivity contribution in [2.45, 2.75) is 58.8 Å². The lowest BCUT2D eigenvalue weighted by Gasteiger charge is -2.56. The van der Waals surface area contributed by atoms with Crippen LogP contribution in [0.1, 0.15) is 58.8 Å². The summed E-state index contributed by atoms with van der Waals surface area (Å²) in [5.74, 6) is 2.87. The number of ether oxygens (including phenoxy) is 1. The molecule has 0 heterocycles. The van der Waals surface area contributed by atoms with E-state index in [2.05, 4.69) is 30.2 Å². The summed E-state index contributed by atoms with van der Waals surface area (Å²) in [7, 11) is -2.00. The molecule has 0 spiro atoms. The SMILES string of the molecule is [C-]#[N+]S(=O)(=O)C=C1CC[C@H]2[C@@H]3CC=C4C=C(OC)CC[C@]4(C)[C@H]3CC[C@]12C. The van der Waals surface area contributed by atoms with Gasteiger partial charge in [-0.25, -0.2) is 6.57 Å². The van der Waals surface area contributed by atoms with Crippen molar-refractivity contribution in [1.29, 1.82) is 0 Å². The molecule has 0 bridgehead atoms. The molecular formula is C22H29NO3S. The fraction of sp³-hybridized carbons (Fsp3) is 0.682. The predicted molar refractivity (Wildman–Crippen MR) is 106 cm³/mol. The molecule has 0 unspecified atom stereocenters. The van der Waals surface area contributed by atoms with Crippen LogP contribution in [0.5, 0.6) is 0 Å². The van der Waals surface area contributed by atoms with E-state index in [4.69, 9.17) is 11.3 Å². The molecule has 0 saturated heterocycles. The van der Waals surface area contributed by atoms with Crippen LogP contribution >= 0.6 is 0 Å². The number of methoxy groups -OCH3 is 1. The van der Waals surface area contributed by atoms with Gasteiger partial charge in [0, 0.05) is 6.42 Å². The van der Waals surface area contributed by atoms with Gasteiger partial charge in [0.15, 0.2) is 0 Å². The van der Waals surface area contributed by atoms with Crippen molar-refractivity contribution in [2.24, 2.45) is 28.6 Å². The average molecular weight is 388 g/mol. The summed E-state index contributed by atoms with van der Waals surface area (Å²) in [6.45, 7) is 11.6. The maximum absolute atomic E-state index is 11.9. The van der Waals surface area contributed by atoms with Gasteiger partial charge < -0.3 is 4.74 Å². The zero-order valence-corrected chi connectivity index (χ0v) is 17.3. The first-order chi connectivity index (χ1) is 12.7. The first-order valence-electron chi connectivity index (χ1n) is 10.0. The lowest BCUT2D eigenvalue weighted by atomic mass is 9.48. The first-order valence-corrected chi connectivity index (χ1v) is 11.5. The smallest absolute Gasteiger partial charge is 0.461 e. The van der Waals surface area contributed by atoms with E-state index < -0.39 is 10.0 Å². The highest BCUT2D eigenvalue weighted by Crippen LogP contribution is 2.65. The van der Waals surface area contributed by atoms with Crippen LogP contribution in [-0.2, 0) is 14.8 Å². The summed E-state index contributed by atoms with van der Waals surface area (Å²) in [5, 5.41) is 1.29. The maximum atomic E-state index is 11.9. The van der Waals surface area contributed by atoms with Crippen LogP contribution in [0, 0.1) is 35.2 Å². The van der Waals surface area contributed by atoms with Gasteiger partial charge in [0.1, 0.15) is 5.41 Å². The Bertz CT molecular complexity index is 891. The van der Waals surface area contributed by atoms with Gasteiger partial charge >= 0.3 is 10.0 Å². The lowest BCUT2D eigenvalue weighted by molar-refractivity contribution is -0.00824. The summed E-state index contributed by atoms with van der Waals surface area (Å²) < 4.78 is 32.1. The van der Waals surface area contributed by atoms with Crippen LogP contribution in [0.2, 0.25) is 0 Å². The van der Waals surface area contributed by atoms with Gasteiger partial charge in [0.2, 0.25) is 0 Å². The normalized spacial score (nSPS) is 42.3. The van der Waals surface area contributed by atoms with Crippen LogP contribution in [0.15, 0.2) is 34.5 Å². The number of allylic oxidation sites excluding steroid dienone is 5. The Kier molecular flexibility index (Phi) is 4.34. The number of hydrogen-bond acceptors (Lipinski definition) is 3. The molecular weight excluding hydrogens is 358 g/mol. The highest BCUT2D eigenvalue weighted by molar-refractivity contribution is 7.96. The molecule has 4 aliphatic rings. The van der Waals surface area contributed by atoms with Crippen molar-refractivity contribution in [3.05, 3.63) is 45.3 Å². The number of sulfonamides is 1. The van der Waals surface area contributed by atoms with E-state index in [1.165, 1.54) is 11.0 Å². The largest absolute Gasteiger partial charge is 0.501 e. The monoisotopic (exact) mass is 387 g/mol. The van der Waals surface area contributed by atoms with Crippen LogP contribution < -0.4 is 0 Å². The highest BCUT2D eigenvalue weighted by atomic mass is 32.2. The summed E-state index contributed by atoms with van der Waals surface area (Å²) in [6.07, 6.45) is 11.9. The second-order valence-corrected chi connectivity index (χ2v) is 10.7. The van der Waals surface area contributed by atoms with Crippen LogP contribution in [-0.4, -0.2) is 15.5 Å². The van der Waals surface area contributed by atoms with Crippen molar-refractivity contribution >= 4 is 10.0 Å². The summed E-state index contributed by atoms with van der Waals surface area (Å²) in [4.78, 5) is 0. The Hall–Kier alpha value is -1.54. The average Bonchev–Trinajstić information content (AvgIpc) is 2.97. The van der Waals surface area contributed by atoms with Crippen molar-refractivity contribution < 1.29 is 13.2 Å². The molecule has 2 fully saturated rings. The van der Waals surface area contributed by atoms with Crippen molar-refractivity contribution in [1.82, 2.24) is 0 Å². The molecule has 0 aromatic heterocycles. The molecule has 2 saturated carbocycles. The summed E-state index contributed by atoms with van der Waals surface area (Å²) >= 11 is 0. The van der Waals surface area contributed by atoms with Crippen molar-refractivity contribution in [2.75, 3.05) is 7.11 Å². The minimum Gasteiger partial charge on any atom is -0.501 e. The molecule has 5 heteroatoms. The Morgan fingerprint density at radius 2 is 1.93 bits per heavy atom. The fourth-order valence-corrected chi connectivity index (χ4v) is 7.51. The highest BCUT2D eigenvalue weighted by Gasteiger charge is 2.57. The molecule has 0 aromatic rings. The standard InChI is InChI=1S/C22H29NO3S/c1-21-11-9-17(26-4)13-15(21)5-7-18-19-8-6-16(14-27(24,25)23-3)22(19,2)12-10-20(18)21/h5,13-14,18-20H,6-12H2,1-2,4H3/t18-,19-,20-,21-,22+/m0/s1. The van der Waals surface area contributed by atoms with E-state index in [9.17, 15) is 8.42 Å². The van der Waals surface area contributed by atoms with E-state index in [1.807, 2.05) is 0 Å². The van der Waals surface area contributed by atoms with E-state index in [0.29, 0.717) is 17.8 Å². The van der Waals surface area contributed by atoms with Crippen LogP contribution in [0.4, 0.5) is 0 Å². The molecule has 27 heavy (non-hydrogen) atoms. The molecule has 4 aliphatic carbocycles. The van der Waals surface area contributed by atoms with Gasteiger partial charge in [-0.15, -0.1) is 8.42 Å². The van der Waals surface area contributed by atoms with Gasteiger partial charge in [-0.05, 0) is 84.3 Å². The number of nitrogens with zero attached hydrogens (tertiary/aromatic N) is 1. The molecule has 4 nitrogen and oxygen atoms in total. The number of fused-ring (bicyclic) bond motifs is 5. The molecule has 5 atom stereocenters. The van der Waals surface area contributed by atoms with E-state index in [-0.39, 0.29) is 10.8 Å². The van der Waals surface area contributed by atoms with Crippen molar-refractivity contribution in [3.8, 4) is 0 Å². The quantitative estimate of drug-likeness (QED) is 0.610. The second-order valence-electron chi connectivity index (χ2n) is 9.25. The molecule has 0 amide bonds. The Morgan fingerprint density at radius 1 is 1.19 bits per heavy atom. The van der Waals surface area contributed by atoms with Crippen LogP contribution in [0.3, 0.4) is 0 Å². The van der Waals surface area contributed by atoms with Gasteiger partial charge in [-0.3, -0.25) is 0 Å². The van der Waals surface area contributed by atoms with Crippen LogP contribution in [0.25, 0.3) is 4.25 Å². The molecule has 4 rings (SSSR count). The topological polar surface area (TPSA) is 47.7 Å². The molecule has 0 N–H and O–H groups in total. The van der Waals surface area contributed by atoms with E-state index >= 15 is 0 Å². The van der Waals surface area contributed by atoms with Gasteiger partial charge in [-0.2, -0.15) is 4.25 Å². The third-order valence-corrected chi connectivity index (χ3v) is 9.10. The zero-order valence-electron chi connectivity index (χ0n) is 16.5. The first kappa shape index (κ1) is 18.8. The van der Waals surface area contributed by atoms with E-state index in [1.54, 1.807) is 7.11 Å². The molecule has 146 valence electrons. The Balaban J connectivity index is 1.68. The summed E-state index contributed by atoms with van der Waals surface area (Å²) in [5.41, 5.74) is 2.58. The lowest BCUT2D eigenvalue weighted by Crippen LogP contribution is -2.48. The number of hydrogen-bond donors (Lipinski definition) is 0. The third kappa shape index (κ3) is 2.79. The fourth-order valence-electron chi connectivity index (χ4n) is 6.71.